The van der Waals surface area contributed by atoms with Gasteiger partial charge in [-0.3, -0.25) is 14.5 Å². The number of pyridine rings is 1. The van der Waals surface area contributed by atoms with Gasteiger partial charge in [0.15, 0.2) is 0 Å². The molecular formula is C19H26N4O. The first-order valence-corrected chi connectivity index (χ1v) is 8.58. The molecule has 0 bridgehead atoms. The van der Waals surface area contributed by atoms with Crippen LogP contribution in [0.1, 0.15) is 32.8 Å². The molecule has 2 aromatic rings. The Labute approximate surface area is 143 Å². The highest BCUT2D eigenvalue weighted by Crippen LogP contribution is 2.29. The van der Waals surface area contributed by atoms with E-state index in [9.17, 15) is 4.79 Å². The molecule has 1 aliphatic rings. The maximum Gasteiger partial charge on any atom is 0.227 e. The summed E-state index contributed by atoms with van der Waals surface area (Å²) in [5.41, 5.74) is 2.96. The number of amides is 1. The van der Waals surface area contributed by atoms with Gasteiger partial charge in [-0.1, -0.05) is 26.8 Å². The highest BCUT2D eigenvalue weighted by molar-refractivity contribution is 5.81. The maximum atomic E-state index is 12.5. The van der Waals surface area contributed by atoms with Gasteiger partial charge in [0.2, 0.25) is 5.91 Å². The monoisotopic (exact) mass is 326 g/mol. The zero-order valence-corrected chi connectivity index (χ0v) is 15.0. The number of aryl methyl sites for hydroxylation is 1. The van der Waals surface area contributed by atoms with Gasteiger partial charge in [0.1, 0.15) is 0 Å². The summed E-state index contributed by atoms with van der Waals surface area (Å²) in [4.78, 5) is 19.1. The Kier molecular flexibility index (Phi) is 4.43. The molecule has 0 aromatic carbocycles. The summed E-state index contributed by atoms with van der Waals surface area (Å²) in [6.45, 7) is 7.68. The van der Waals surface area contributed by atoms with Crippen molar-refractivity contribution in [2.75, 3.05) is 13.1 Å². The van der Waals surface area contributed by atoms with Crippen LogP contribution in [-0.4, -0.2) is 38.7 Å². The molecule has 0 aliphatic carbocycles. The molecule has 0 spiro atoms. The summed E-state index contributed by atoms with van der Waals surface area (Å²) in [6.07, 6.45) is 5.63. The summed E-state index contributed by atoms with van der Waals surface area (Å²) < 4.78 is 1.86. The van der Waals surface area contributed by atoms with Crippen LogP contribution < -0.4 is 0 Å². The average Bonchev–Trinajstić information content (AvgIpc) is 3.15. The van der Waals surface area contributed by atoms with Gasteiger partial charge in [0, 0.05) is 37.9 Å². The molecule has 0 N–H and O–H groups in total. The largest absolute Gasteiger partial charge is 0.342 e. The van der Waals surface area contributed by atoms with Gasteiger partial charge in [0.05, 0.1) is 11.4 Å². The Hall–Kier alpha value is -2.17. The molecule has 1 amide bonds. The minimum atomic E-state index is -0.303. The highest BCUT2D eigenvalue weighted by Gasteiger charge is 2.33. The molecule has 1 fully saturated rings. The first-order valence-electron chi connectivity index (χ1n) is 8.58. The fourth-order valence-corrected chi connectivity index (χ4v) is 3.41. The van der Waals surface area contributed by atoms with Crippen LogP contribution >= 0.6 is 0 Å². The Morgan fingerprint density at radius 1 is 1.29 bits per heavy atom. The van der Waals surface area contributed by atoms with Crippen LogP contribution in [0, 0.1) is 11.3 Å². The number of rotatable bonds is 3. The maximum absolute atomic E-state index is 12.5. The third-order valence-corrected chi connectivity index (χ3v) is 4.68. The van der Waals surface area contributed by atoms with E-state index in [1.165, 1.54) is 5.56 Å². The van der Waals surface area contributed by atoms with E-state index in [1.807, 2.05) is 55.7 Å². The van der Waals surface area contributed by atoms with Gasteiger partial charge in [-0.25, -0.2) is 0 Å². The van der Waals surface area contributed by atoms with E-state index >= 15 is 0 Å². The van der Waals surface area contributed by atoms with Crippen molar-refractivity contribution in [3.8, 4) is 11.4 Å². The number of hydrogen-bond donors (Lipinski definition) is 0. The van der Waals surface area contributed by atoms with Crippen molar-refractivity contribution in [1.82, 2.24) is 19.7 Å². The molecule has 1 aliphatic heterocycles. The topological polar surface area (TPSA) is 51.0 Å². The van der Waals surface area contributed by atoms with Crippen molar-refractivity contribution >= 4 is 5.91 Å². The van der Waals surface area contributed by atoms with Gasteiger partial charge in [-0.15, -0.1) is 0 Å². The number of hydrogen-bond acceptors (Lipinski definition) is 3. The Bertz CT molecular complexity index is 729. The smallest absolute Gasteiger partial charge is 0.227 e. The van der Waals surface area contributed by atoms with Gasteiger partial charge >= 0.3 is 0 Å². The molecule has 2 aromatic heterocycles. The van der Waals surface area contributed by atoms with E-state index in [2.05, 4.69) is 16.1 Å². The fourth-order valence-electron chi connectivity index (χ4n) is 3.41. The highest BCUT2D eigenvalue weighted by atomic mass is 16.2. The Balaban J connectivity index is 1.75. The second-order valence-electron chi connectivity index (χ2n) is 7.71. The number of carbonyl (C=O) groups excluding carboxylic acids is 1. The molecule has 1 atom stereocenters. The summed E-state index contributed by atoms with van der Waals surface area (Å²) in [7, 11) is 1.94. The van der Waals surface area contributed by atoms with Gasteiger partial charge in [0.25, 0.3) is 0 Å². The van der Waals surface area contributed by atoms with Crippen molar-refractivity contribution in [1.29, 1.82) is 0 Å². The van der Waals surface area contributed by atoms with Gasteiger partial charge in [-0.05, 0) is 36.5 Å². The molecule has 5 nitrogen and oxygen atoms in total. The summed E-state index contributed by atoms with van der Waals surface area (Å²) in [6, 6.07) is 6.13. The molecule has 0 radical (unpaired) electrons. The molecular weight excluding hydrogens is 300 g/mol. The number of aromatic nitrogens is 3. The van der Waals surface area contributed by atoms with E-state index in [0.717, 1.165) is 37.3 Å². The summed E-state index contributed by atoms with van der Waals surface area (Å²) >= 11 is 0. The molecule has 3 heterocycles. The lowest BCUT2D eigenvalue weighted by Crippen LogP contribution is -2.38. The molecule has 128 valence electrons. The zero-order valence-electron chi connectivity index (χ0n) is 15.0. The molecule has 24 heavy (non-hydrogen) atoms. The quantitative estimate of drug-likeness (QED) is 0.871. The molecule has 1 saturated heterocycles. The fraction of sp³-hybridized carbons (Fsp3) is 0.526. The van der Waals surface area contributed by atoms with Crippen molar-refractivity contribution in [3.05, 3.63) is 36.2 Å². The molecule has 0 unspecified atom stereocenters. The van der Waals surface area contributed by atoms with Crippen LogP contribution in [0.4, 0.5) is 0 Å². The van der Waals surface area contributed by atoms with Crippen molar-refractivity contribution in [2.45, 2.75) is 33.6 Å². The van der Waals surface area contributed by atoms with Crippen LogP contribution in [0.3, 0.4) is 0 Å². The van der Waals surface area contributed by atoms with E-state index in [1.54, 1.807) is 6.20 Å². The average molecular weight is 326 g/mol. The van der Waals surface area contributed by atoms with Crippen LogP contribution in [-0.2, 0) is 18.3 Å². The summed E-state index contributed by atoms with van der Waals surface area (Å²) in [5, 5.41) is 4.25. The third-order valence-electron chi connectivity index (χ3n) is 4.68. The normalized spacial score (nSPS) is 18.2. The molecule has 5 heteroatoms. The number of nitrogens with zero attached hydrogens (tertiary/aromatic N) is 4. The van der Waals surface area contributed by atoms with Crippen LogP contribution in [0.2, 0.25) is 0 Å². The van der Waals surface area contributed by atoms with E-state index < -0.39 is 0 Å². The van der Waals surface area contributed by atoms with E-state index in [-0.39, 0.29) is 11.3 Å². The van der Waals surface area contributed by atoms with Crippen molar-refractivity contribution < 1.29 is 4.79 Å². The lowest BCUT2D eigenvalue weighted by Gasteiger charge is -2.25. The molecule has 3 rings (SSSR count). The van der Waals surface area contributed by atoms with Crippen LogP contribution in [0.15, 0.2) is 30.6 Å². The predicted octanol–water partition coefficient (Wildman–Crippen LogP) is 2.92. The lowest BCUT2D eigenvalue weighted by molar-refractivity contribution is -0.138. The molecule has 0 saturated carbocycles. The van der Waals surface area contributed by atoms with Crippen LogP contribution in [0.5, 0.6) is 0 Å². The first kappa shape index (κ1) is 16.7. The SMILES string of the molecule is Cn1nccc1-c1ncccc1C[C@H]1CCN(C(=O)C(C)(C)C)C1. The minimum absolute atomic E-state index is 0.253. The van der Waals surface area contributed by atoms with Gasteiger partial charge < -0.3 is 4.90 Å². The van der Waals surface area contributed by atoms with Crippen LogP contribution in [0.25, 0.3) is 11.4 Å². The van der Waals surface area contributed by atoms with Crippen molar-refractivity contribution in [2.24, 2.45) is 18.4 Å². The first-order chi connectivity index (χ1) is 11.4. The third kappa shape index (κ3) is 3.35. The zero-order chi connectivity index (χ0) is 17.3. The predicted molar refractivity (Wildman–Crippen MR) is 94.3 cm³/mol. The number of carbonyl (C=O) groups is 1. The van der Waals surface area contributed by atoms with Gasteiger partial charge in [-0.2, -0.15) is 5.10 Å². The number of likely N-dealkylation sites (tertiary alicyclic amines) is 1. The Morgan fingerprint density at radius 3 is 2.75 bits per heavy atom. The second kappa shape index (κ2) is 6.38. The Morgan fingerprint density at radius 2 is 2.08 bits per heavy atom. The minimum Gasteiger partial charge on any atom is -0.342 e. The second-order valence-corrected chi connectivity index (χ2v) is 7.71. The van der Waals surface area contributed by atoms with E-state index in [0.29, 0.717) is 5.92 Å². The standard InChI is InChI=1S/C19H26N4O/c1-19(2,3)18(24)23-11-8-14(13-23)12-15-6-5-9-20-17(15)16-7-10-21-22(16)4/h5-7,9-10,14H,8,11-13H2,1-4H3/t14-/m1/s1. The van der Waals surface area contributed by atoms with E-state index in [4.69, 9.17) is 0 Å². The lowest BCUT2D eigenvalue weighted by atomic mass is 9.94. The summed E-state index contributed by atoms with van der Waals surface area (Å²) in [5.74, 6) is 0.746. The van der Waals surface area contributed by atoms with Crippen molar-refractivity contribution in [3.63, 3.8) is 0 Å².